The number of carbonyl (C=O) groups is 3. The number of nitrogens with two attached hydrogens (primary N) is 1. The maximum atomic E-state index is 12.6. The summed E-state index contributed by atoms with van der Waals surface area (Å²) in [5.41, 5.74) is 8.28. The molecule has 2 atom stereocenters. The summed E-state index contributed by atoms with van der Waals surface area (Å²) in [6, 6.07) is 11.5. The van der Waals surface area contributed by atoms with E-state index in [2.05, 4.69) is 6.07 Å². The van der Waals surface area contributed by atoms with E-state index in [1.54, 1.807) is 17.4 Å². The number of hydrogen-bond acceptors (Lipinski definition) is 5. The number of hydrogen-bond donors (Lipinski definition) is 2. The maximum Gasteiger partial charge on any atom is 0.490 e. The number of carboxylic acid groups (broad SMARTS) is 1. The van der Waals surface area contributed by atoms with Crippen molar-refractivity contribution in [2.75, 3.05) is 11.4 Å². The predicted octanol–water partition coefficient (Wildman–Crippen LogP) is 4.38. The first-order chi connectivity index (χ1) is 16.0. The Hall–Kier alpha value is -2.98. The van der Waals surface area contributed by atoms with Crippen molar-refractivity contribution in [1.29, 1.82) is 0 Å². The van der Waals surface area contributed by atoms with Crippen molar-refractivity contribution < 1.29 is 32.7 Å². The number of rotatable bonds is 8. The molecule has 6 nitrogen and oxygen atoms in total. The molecule has 0 saturated heterocycles. The minimum Gasteiger partial charge on any atom is -0.475 e. The molecule has 2 aromatic rings. The first-order valence-corrected chi connectivity index (χ1v) is 11.6. The molecule has 1 aliphatic heterocycles. The van der Waals surface area contributed by atoms with Crippen LogP contribution in [0.5, 0.6) is 0 Å². The van der Waals surface area contributed by atoms with Gasteiger partial charge in [0.15, 0.2) is 0 Å². The van der Waals surface area contributed by atoms with Gasteiger partial charge in [0.05, 0.1) is 6.04 Å². The number of fused-ring (bicyclic) bond motifs is 1. The molecule has 1 aromatic heterocycles. The first-order valence-electron chi connectivity index (χ1n) is 10.7. The molecular formula is C24H27F3N2O4S. The number of thiophene rings is 1. The molecule has 3 N–H and O–H groups in total. The van der Waals surface area contributed by atoms with E-state index in [4.69, 9.17) is 15.6 Å². The number of halogens is 3. The molecule has 1 aromatic carbocycles. The lowest BCUT2D eigenvalue weighted by Crippen LogP contribution is -2.33. The van der Waals surface area contributed by atoms with Gasteiger partial charge in [0.1, 0.15) is 5.78 Å². The highest BCUT2D eigenvalue weighted by Gasteiger charge is 2.38. The Morgan fingerprint density at radius 3 is 2.47 bits per heavy atom. The van der Waals surface area contributed by atoms with Gasteiger partial charge in [-0.05, 0) is 47.9 Å². The molecule has 1 amide bonds. The Morgan fingerprint density at radius 1 is 1.21 bits per heavy atom. The van der Waals surface area contributed by atoms with Crippen LogP contribution in [0.3, 0.4) is 0 Å². The number of alkyl halides is 3. The van der Waals surface area contributed by atoms with Gasteiger partial charge in [-0.2, -0.15) is 13.2 Å². The van der Waals surface area contributed by atoms with E-state index in [-0.39, 0.29) is 17.6 Å². The zero-order chi connectivity index (χ0) is 25.3. The van der Waals surface area contributed by atoms with Crippen molar-refractivity contribution in [3.05, 3.63) is 64.4 Å². The van der Waals surface area contributed by atoms with Gasteiger partial charge < -0.3 is 15.7 Å². The molecule has 0 radical (unpaired) electrons. The number of amides is 1. The molecule has 34 heavy (non-hydrogen) atoms. The quantitative estimate of drug-likeness (QED) is 0.528. The molecule has 2 heterocycles. The standard InChI is InChI=1S/C22H26N2O2S.C2HF3O2/c1-2-16(14-21(25)19(23)15-18-7-5-13-27-18)9-10-22(26)24-12-11-17-6-3-4-8-20(17)24;3-2(4,5)1(6)7/h3-10,13,16,19H,2,11-12,14-15,23H2,1H3;(H,6,7)/b10-9+;/t16-,19-;/m0./s1. The summed E-state index contributed by atoms with van der Waals surface area (Å²) >= 11 is 1.62. The summed E-state index contributed by atoms with van der Waals surface area (Å²) in [6.07, 6.45) is 1.07. The molecule has 0 saturated carbocycles. The van der Waals surface area contributed by atoms with Gasteiger partial charge in [-0.1, -0.05) is 37.3 Å². The highest BCUT2D eigenvalue weighted by atomic mass is 32.1. The Morgan fingerprint density at radius 2 is 1.88 bits per heavy atom. The number of benzene rings is 1. The molecule has 0 fully saturated rings. The second-order valence-electron chi connectivity index (χ2n) is 7.76. The van der Waals surface area contributed by atoms with Gasteiger partial charge in [0.25, 0.3) is 5.91 Å². The average Bonchev–Trinajstić information content (AvgIpc) is 3.45. The monoisotopic (exact) mass is 496 g/mol. The number of ketones is 1. The summed E-state index contributed by atoms with van der Waals surface area (Å²) in [5.74, 6) is -2.69. The Balaban J connectivity index is 0.000000509. The second-order valence-corrected chi connectivity index (χ2v) is 8.79. The third-order valence-electron chi connectivity index (χ3n) is 5.31. The number of carboxylic acids is 1. The van der Waals surface area contributed by atoms with Crippen molar-refractivity contribution in [2.24, 2.45) is 11.7 Å². The summed E-state index contributed by atoms with van der Waals surface area (Å²) in [6.45, 7) is 2.74. The van der Waals surface area contributed by atoms with E-state index in [9.17, 15) is 22.8 Å². The normalized spacial score (nSPS) is 14.8. The SMILES string of the molecule is CC[C@@H](/C=C/C(=O)N1CCc2ccccc21)CC(=O)[C@@H](N)Cc1cccs1.O=C(O)C(F)(F)F. The number of anilines is 1. The van der Waals surface area contributed by atoms with E-state index in [0.717, 1.165) is 23.4 Å². The van der Waals surface area contributed by atoms with Crippen LogP contribution >= 0.6 is 11.3 Å². The summed E-state index contributed by atoms with van der Waals surface area (Å²) in [5, 5.41) is 9.12. The molecule has 0 aliphatic carbocycles. The van der Waals surface area contributed by atoms with E-state index in [0.29, 0.717) is 19.4 Å². The lowest BCUT2D eigenvalue weighted by Gasteiger charge is -2.16. The van der Waals surface area contributed by atoms with Crippen LogP contribution in [0, 0.1) is 5.92 Å². The van der Waals surface area contributed by atoms with Crippen molar-refractivity contribution in [1.82, 2.24) is 0 Å². The van der Waals surface area contributed by atoms with Crippen LogP contribution < -0.4 is 10.6 Å². The minimum absolute atomic E-state index is 0.0197. The van der Waals surface area contributed by atoms with Crippen molar-refractivity contribution >= 4 is 34.7 Å². The van der Waals surface area contributed by atoms with Gasteiger partial charge in [-0.15, -0.1) is 11.3 Å². The first kappa shape index (κ1) is 27.3. The highest BCUT2D eigenvalue weighted by Crippen LogP contribution is 2.27. The van der Waals surface area contributed by atoms with Crippen molar-refractivity contribution in [3.8, 4) is 0 Å². The molecule has 0 spiro atoms. The number of Topliss-reactive ketones (excluding diaryl/α,β-unsaturated/α-hetero) is 1. The fraction of sp³-hybridized carbons (Fsp3) is 0.375. The lowest BCUT2D eigenvalue weighted by atomic mass is 9.94. The zero-order valence-electron chi connectivity index (χ0n) is 18.6. The molecule has 0 unspecified atom stereocenters. The van der Waals surface area contributed by atoms with Gasteiger partial charge in [-0.3, -0.25) is 9.59 Å². The van der Waals surface area contributed by atoms with E-state index >= 15 is 0 Å². The summed E-state index contributed by atoms with van der Waals surface area (Å²) in [4.78, 5) is 36.9. The van der Waals surface area contributed by atoms with Crippen LogP contribution in [-0.2, 0) is 27.2 Å². The molecule has 3 rings (SSSR count). The number of para-hydroxylation sites is 1. The average molecular weight is 497 g/mol. The minimum atomic E-state index is -5.08. The predicted molar refractivity (Wildman–Crippen MR) is 125 cm³/mol. The van der Waals surface area contributed by atoms with Crippen LogP contribution in [-0.4, -0.2) is 41.5 Å². The van der Waals surface area contributed by atoms with Crippen LogP contribution in [0.2, 0.25) is 0 Å². The molecule has 1 aliphatic rings. The second kappa shape index (κ2) is 12.5. The van der Waals surface area contributed by atoms with Gasteiger partial charge in [0.2, 0.25) is 0 Å². The fourth-order valence-corrected chi connectivity index (χ4v) is 4.16. The van der Waals surface area contributed by atoms with Crippen LogP contribution in [0.25, 0.3) is 0 Å². The molecule has 10 heteroatoms. The molecule has 0 bridgehead atoms. The number of nitrogens with zero attached hydrogens (tertiary/aromatic N) is 1. The van der Waals surface area contributed by atoms with E-state index < -0.39 is 18.2 Å². The van der Waals surface area contributed by atoms with Crippen LogP contribution in [0.4, 0.5) is 18.9 Å². The zero-order valence-corrected chi connectivity index (χ0v) is 19.4. The Labute approximate surface area is 199 Å². The Kier molecular flexibility index (Phi) is 10.0. The summed E-state index contributed by atoms with van der Waals surface area (Å²) < 4.78 is 31.7. The smallest absolute Gasteiger partial charge is 0.475 e. The van der Waals surface area contributed by atoms with Gasteiger partial charge in [0, 0.05) is 30.0 Å². The van der Waals surface area contributed by atoms with Crippen LogP contribution in [0.15, 0.2) is 53.9 Å². The largest absolute Gasteiger partial charge is 0.490 e. The fourth-order valence-electron chi connectivity index (χ4n) is 3.39. The number of aliphatic carboxylic acids is 1. The van der Waals surface area contributed by atoms with Crippen LogP contribution in [0.1, 0.15) is 30.2 Å². The third-order valence-corrected chi connectivity index (χ3v) is 6.21. The van der Waals surface area contributed by atoms with Gasteiger partial charge >= 0.3 is 12.1 Å². The van der Waals surface area contributed by atoms with E-state index in [1.807, 2.05) is 53.6 Å². The number of carbonyl (C=O) groups excluding carboxylic acids is 2. The maximum absolute atomic E-state index is 12.6. The van der Waals surface area contributed by atoms with Crippen molar-refractivity contribution in [3.63, 3.8) is 0 Å². The molecule has 184 valence electrons. The van der Waals surface area contributed by atoms with E-state index in [1.165, 1.54) is 5.56 Å². The molecular weight excluding hydrogens is 469 g/mol. The topological polar surface area (TPSA) is 101 Å². The van der Waals surface area contributed by atoms with Crippen molar-refractivity contribution in [2.45, 2.75) is 44.8 Å². The summed E-state index contributed by atoms with van der Waals surface area (Å²) in [7, 11) is 0. The Bertz CT molecular complexity index is 1010. The van der Waals surface area contributed by atoms with Gasteiger partial charge in [-0.25, -0.2) is 4.79 Å². The third kappa shape index (κ3) is 8.11. The lowest BCUT2D eigenvalue weighted by molar-refractivity contribution is -0.192. The highest BCUT2D eigenvalue weighted by molar-refractivity contribution is 7.09. The number of allylic oxidation sites excluding steroid dienone is 1.